The summed E-state index contributed by atoms with van der Waals surface area (Å²) < 4.78 is 68.2. The lowest BCUT2D eigenvalue weighted by atomic mass is 9.87. The molecule has 3 aliphatic heterocycles. The number of thioether (sulfide) groups is 1. The highest BCUT2D eigenvalue weighted by molar-refractivity contribution is 7.98. The van der Waals surface area contributed by atoms with E-state index in [-0.39, 0.29) is 43.4 Å². The van der Waals surface area contributed by atoms with Gasteiger partial charge in [0.1, 0.15) is 12.2 Å². The second kappa shape index (κ2) is 13.5. The van der Waals surface area contributed by atoms with Crippen molar-refractivity contribution >= 4 is 31.4 Å². The van der Waals surface area contributed by atoms with E-state index >= 15 is 4.39 Å². The Morgan fingerprint density at radius 3 is 2.61 bits per heavy atom. The minimum atomic E-state index is -4.55. The Balaban J connectivity index is 1.57. The highest BCUT2D eigenvalue weighted by atomic mass is 32.2. The van der Waals surface area contributed by atoms with Gasteiger partial charge in [0.15, 0.2) is 17.3 Å². The Bertz CT molecular complexity index is 1900. The predicted molar refractivity (Wildman–Crippen MR) is 177 cm³/mol. The second-order valence-corrected chi connectivity index (χ2v) is 15.5. The number of nitrogens with zero attached hydrogens (tertiary/aromatic N) is 3. The Labute approximate surface area is 286 Å². The van der Waals surface area contributed by atoms with Crippen LogP contribution in [0.2, 0.25) is 0 Å². The fourth-order valence-electron chi connectivity index (χ4n) is 6.31. The minimum absolute atomic E-state index is 0.0592. The predicted octanol–water partition coefficient (Wildman–Crippen LogP) is 4.97. The third-order valence-electron chi connectivity index (χ3n) is 8.63. The molecule has 4 heterocycles. The molecule has 1 unspecified atom stereocenters. The molecular formula is C33H37F2N4O8PS. The summed E-state index contributed by atoms with van der Waals surface area (Å²) in [5.41, 5.74) is -0.519. The minimum Gasteiger partial charge on any atom is -0.468 e. The van der Waals surface area contributed by atoms with Gasteiger partial charge in [0.05, 0.1) is 33.0 Å². The van der Waals surface area contributed by atoms with Crippen LogP contribution in [0.1, 0.15) is 60.9 Å². The molecule has 0 radical (unpaired) electrons. The molecule has 1 aromatic heterocycles. The maximum Gasteiger partial charge on any atom is 0.459 e. The molecule has 49 heavy (non-hydrogen) atoms. The highest BCUT2D eigenvalue weighted by Crippen LogP contribution is 2.49. The van der Waals surface area contributed by atoms with E-state index in [0.717, 1.165) is 22.6 Å². The summed E-state index contributed by atoms with van der Waals surface area (Å²) in [7, 11) is -3.36. The van der Waals surface area contributed by atoms with Gasteiger partial charge in [-0.05, 0) is 35.6 Å². The summed E-state index contributed by atoms with van der Waals surface area (Å²) in [6, 6.07) is 9.18. The number of methoxy groups -OCH3 is 1. The molecule has 12 nitrogen and oxygen atoms in total. The van der Waals surface area contributed by atoms with Gasteiger partial charge < -0.3 is 18.9 Å². The lowest BCUT2D eigenvalue weighted by Crippen LogP contribution is -2.66. The van der Waals surface area contributed by atoms with Gasteiger partial charge in [-0.1, -0.05) is 45.0 Å². The number of esters is 1. The molecule has 3 aromatic rings. The van der Waals surface area contributed by atoms with Crippen molar-refractivity contribution in [2.75, 3.05) is 38.5 Å². The number of halogens is 2. The number of ether oxygens (including phenoxy) is 2. The van der Waals surface area contributed by atoms with Crippen molar-refractivity contribution in [3.63, 3.8) is 0 Å². The topological polar surface area (TPSA) is 129 Å². The van der Waals surface area contributed by atoms with E-state index in [1.165, 1.54) is 40.7 Å². The first kappa shape index (κ1) is 35.1. The first-order valence-corrected chi connectivity index (χ1v) is 18.2. The first-order chi connectivity index (χ1) is 23.3. The molecular weight excluding hydrogens is 681 g/mol. The molecule has 0 bridgehead atoms. The number of hydrogen-bond donors (Lipinski definition) is 1. The standard InChI is InChI=1S/C33H37F2N4O8PS/c1-6-46-48(43,36-30(32(42)44-5)33(2,3)4)47-29-23(40)13-14-38-28(29)31(41)37-15-16-45-17-25(37)39(38)27-19-11-12-22(34)26(35)21(19)18-49-24-10-8-7-9-20(24)27/h7-14,25,27,30H,6,15-18H2,1-5H3,(H,36,43)/t25-,27+,30-,48?/m1/s1. The molecule has 4 atom stereocenters. The Hall–Kier alpha value is -3.75. The van der Waals surface area contributed by atoms with Gasteiger partial charge in [0.25, 0.3) is 5.91 Å². The van der Waals surface area contributed by atoms with Crippen LogP contribution in [0.3, 0.4) is 0 Å². The van der Waals surface area contributed by atoms with Crippen LogP contribution in [0.25, 0.3) is 0 Å². The number of amides is 1. The number of carbonyl (C=O) groups is 2. The van der Waals surface area contributed by atoms with E-state index < -0.39 is 66.1 Å². The van der Waals surface area contributed by atoms with Crippen LogP contribution >= 0.6 is 19.5 Å². The molecule has 1 fully saturated rings. The fraction of sp³-hybridized carbons (Fsp3) is 0.424. The normalized spacial score (nSPS) is 20.6. The summed E-state index contributed by atoms with van der Waals surface area (Å²) in [4.78, 5) is 43.1. The largest absolute Gasteiger partial charge is 0.468 e. The van der Waals surface area contributed by atoms with Crippen molar-refractivity contribution in [1.82, 2.24) is 14.7 Å². The lowest BCUT2D eigenvalue weighted by Gasteiger charge is -2.51. The van der Waals surface area contributed by atoms with Gasteiger partial charge in [-0.3, -0.25) is 28.6 Å². The summed E-state index contributed by atoms with van der Waals surface area (Å²) in [5, 5.41) is 4.42. The Morgan fingerprint density at radius 1 is 1.14 bits per heavy atom. The molecule has 0 saturated carbocycles. The van der Waals surface area contributed by atoms with Gasteiger partial charge in [0, 0.05) is 35.0 Å². The number of hydrogen-bond acceptors (Lipinski definition) is 10. The van der Waals surface area contributed by atoms with Crippen molar-refractivity contribution in [1.29, 1.82) is 0 Å². The molecule has 1 amide bonds. The number of morpholine rings is 1. The number of carbonyl (C=O) groups excluding carboxylic acids is 2. The Morgan fingerprint density at radius 2 is 1.90 bits per heavy atom. The maximum absolute atomic E-state index is 15.5. The molecule has 2 aromatic carbocycles. The van der Waals surface area contributed by atoms with Crippen molar-refractivity contribution in [2.45, 2.75) is 56.6 Å². The molecule has 3 aliphatic rings. The number of rotatable bonds is 8. The van der Waals surface area contributed by atoms with E-state index in [4.69, 9.17) is 18.5 Å². The molecule has 1 saturated heterocycles. The van der Waals surface area contributed by atoms with Crippen molar-refractivity contribution < 1.29 is 41.5 Å². The summed E-state index contributed by atoms with van der Waals surface area (Å²) in [6.45, 7) is 6.95. The number of nitrogens with one attached hydrogen (secondary N) is 1. The van der Waals surface area contributed by atoms with Gasteiger partial charge in [0.2, 0.25) is 11.2 Å². The van der Waals surface area contributed by atoms with Crippen molar-refractivity contribution in [3.8, 4) is 5.75 Å². The van der Waals surface area contributed by atoms with Crippen LogP contribution in [-0.2, 0) is 29.1 Å². The number of pyridine rings is 1. The van der Waals surface area contributed by atoms with Gasteiger partial charge in [-0.25, -0.2) is 13.3 Å². The second-order valence-electron chi connectivity index (χ2n) is 12.8. The molecule has 262 valence electrons. The van der Waals surface area contributed by atoms with E-state index in [1.807, 2.05) is 24.3 Å². The van der Waals surface area contributed by atoms with Gasteiger partial charge in [-0.2, -0.15) is 5.09 Å². The highest BCUT2D eigenvalue weighted by Gasteiger charge is 2.48. The van der Waals surface area contributed by atoms with Gasteiger partial charge in [-0.15, -0.1) is 11.8 Å². The van der Waals surface area contributed by atoms with Crippen molar-refractivity contribution in [3.05, 3.63) is 92.9 Å². The zero-order valence-corrected chi connectivity index (χ0v) is 29.3. The van der Waals surface area contributed by atoms with Crippen LogP contribution in [0.15, 0.2) is 58.4 Å². The fourth-order valence-corrected chi connectivity index (χ4v) is 9.17. The Kier molecular flexibility index (Phi) is 9.68. The van der Waals surface area contributed by atoms with E-state index in [1.54, 1.807) is 32.7 Å². The van der Waals surface area contributed by atoms with Crippen molar-refractivity contribution in [2.24, 2.45) is 5.41 Å². The van der Waals surface area contributed by atoms with Gasteiger partial charge >= 0.3 is 13.7 Å². The van der Waals surface area contributed by atoms with Crippen LogP contribution in [-0.4, -0.2) is 67.1 Å². The zero-order chi connectivity index (χ0) is 35.2. The molecule has 16 heteroatoms. The summed E-state index contributed by atoms with van der Waals surface area (Å²) in [5.74, 6) is -3.74. The molecule has 1 N–H and O–H groups in total. The van der Waals surface area contributed by atoms with Crippen LogP contribution in [0, 0.1) is 17.0 Å². The average molecular weight is 719 g/mol. The SMILES string of the molecule is CCOP(=O)(N[C@H](C(=O)OC)C(C)(C)C)Oc1c2n(ccc1=O)N([C@@H]1c3ccccc3SCc3c1ccc(F)c3F)[C@@H]1COCCN1C2=O. The molecule has 6 rings (SSSR count). The number of aromatic nitrogens is 1. The number of fused-ring (bicyclic) bond motifs is 4. The van der Waals surface area contributed by atoms with Crippen LogP contribution in [0.5, 0.6) is 5.75 Å². The third-order valence-corrected chi connectivity index (χ3v) is 11.3. The summed E-state index contributed by atoms with van der Waals surface area (Å²) in [6.07, 6.45) is 0.632. The smallest absolute Gasteiger partial charge is 0.459 e. The summed E-state index contributed by atoms with van der Waals surface area (Å²) >= 11 is 1.36. The third kappa shape index (κ3) is 6.38. The zero-order valence-electron chi connectivity index (χ0n) is 27.6. The average Bonchev–Trinajstić information content (AvgIpc) is 3.23. The quantitative estimate of drug-likeness (QED) is 0.251. The lowest BCUT2D eigenvalue weighted by molar-refractivity contribution is -0.145. The number of benzene rings is 2. The molecule has 0 aliphatic carbocycles. The monoisotopic (exact) mass is 718 g/mol. The van der Waals surface area contributed by atoms with E-state index in [9.17, 15) is 23.3 Å². The van der Waals surface area contributed by atoms with Crippen LogP contribution in [0.4, 0.5) is 8.78 Å². The van der Waals surface area contributed by atoms with E-state index in [0.29, 0.717) is 5.56 Å². The first-order valence-electron chi connectivity index (χ1n) is 15.7. The van der Waals surface area contributed by atoms with Crippen LogP contribution < -0.4 is 20.0 Å². The molecule has 0 spiro atoms. The van der Waals surface area contributed by atoms with E-state index in [2.05, 4.69) is 5.09 Å². The maximum atomic E-state index is 15.5.